The minimum atomic E-state index is 0.00654. The van der Waals surface area contributed by atoms with Gasteiger partial charge in [0, 0.05) is 41.6 Å². The molecule has 49 heavy (non-hydrogen) atoms. The van der Waals surface area contributed by atoms with E-state index in [4.69, 9.17) is 4.99 Å². The molecule has 2 aromatic heterocycles. The first kappa shape index (κ1) is 27.3. The topological polar surface area (TPSA) is 29.3 Å². The molecule has 0 spiro atoms. The maximum Gasteiger partial charge on any atom is 0.209 e. The molecular weight excluding hydrogens is 635 g/mol. The van der Waals surface area contributed by atoms with Crippen LogP contribution in [0.4, 0.5) is 0 Å². The van der Waals surface area contributed by atoms with E-state index in [9.17, 15) is 0 Å². The van der Waals surface area contributed by atoms with E-state index < -0.39 is 0 Å². The Bertz CT molecular complexity index is 2880. The van der Waals surface area contributed by atoms with Crippen LogP contribution in [0.1, 0.15) is 17.2 Å². The van der Waals surface area contributed by atoms with Gasteiger partial charge in [-0.3, -0.25) is 4.57 Å². The van der Waals surface area contributed by atoms with Crippen LogP contribution in [0.25, 0.3) is 69.6 Å². The van der Waals surface area contributed by atoms with Crippen molar-refractivity contribution in [3.63, 3.8) is 0 Å². The van der Waals surface area contributed by atoms with Gasteiger partial charge in [0.05, 0.1) is 27.5 Å². The lowest BCUT2D eigenvalue weighted by molar-refractivity contribution is 0.749. The highest BCUT2D eigenvalue weighted by atomic mass is 32.2. The molecule has 0 bridgehead atoms. The van der Waals surface area contributed by atoms with E-state index in [1.54, 1.807) is 0 Å². The molecule has 2 aliphatic heterocycles. The molecular formula is C44H27N3S2. The van der Waals surface area contributed by atoms with Gasteiger partial charge >= 0.3 is 0 Å². The average molecular weight is 662 g/mol. The fraction of sp³-hybridized carbons (Fsp3) is 0.0227. The van der Waals surface area contributed by atoms with Crippen LogP contribution in [0.2, 0.25) is 0 Å². The number of aromatic nitrogens is 1. The first-order valence-corrected chi connectivity index (χ1v) is 18.2. The molecule has 0 radical (unpaired) electrons. The van der Waals surface area contributed by atoms with Crippen LogP contribution < -0.4 is 5.32 Å². The van der Waals surface area contributed by atoms with Gasteiger partial charge in [-0.15, -0.1) is 11.3 Å². The maximum atomic E-state index is 5.60. The monoisotopic (exact) mass is 661 g/mol. The van der Waals surface area contributed by atoms with Gasteiger partial charge in [-0.1, -0.05) is 145 Å². The summed E-state index contributed by atoms with van der Waals surface area (Å²) >= 11 is 3.72. The molecule has 0 aliphatic carbocycles. The first-order chi connectivity index (χ1) is 24.3. The lowest BCUT2D eigenvalue weighted by atomic mass is 9.99. The normalized spacial score (nSPS) is 15.7. The van der Waals surface area contributed by atoms with Gasteiger partial charge in [-0.25, -0.2) is 4.99 Å². The van der Waals surface area contributed by atoms with Gasteiger partial charge in [-0.05, 0) is 45.7 Å². The predicted octanol–water partition coefficient (Wildman–Crippen LogP) is 12.0. The number of hydrogen-bond acceptors (Lipinski definition) is 4. The Morgan fingerprint density at radius 1 is 0.551 bits per heavy atom. The molecule has 1 unspecified atom stereocenters. The Balaban J connectivity index is 1.22. The molecule has 230 valence electrons. The van der Waals surface area contributed by atoms with Gasteiger partial charge in [-0.2, -0.15) is 0 Å². The molecule has 7 aromatic carbocycles. The number of hydrogen-bond donors (Lipinski definition) is 1. The average Bonchev–Trinajstić information content (AvgIpc) is 3.85. The van der Waals surface area contributed by atoms with E-state index in [1.807, 2.05) is 23.1 Å². The van der Waals surface area contributed by atoms with E-state index >= 15 is 0 Å². The Labute approximate surface area is 290 Å². The van der Waals surface area contributed by atoms with Crippen molar-refractivity contribution in [3.8, 4) is 11.1 Å². The molecule has 0 amide bonds. The Kier molecular flexibility index (Phi) is 5.82. The zero-order valence-corrected chi connectivity index (χ0v) is 27.9. The number of thiophene rings is 1. The van der Waals surface area contributed by atoms with Crippen molar-refractivity contribution in [1.29, 1.82) is 0 Å². The summed E-state index contributed by atoms with van der Waals surface area (Å²) in [6.07, 6.45) is 0. The number of rotatable bonds is 2. The van der Waals surface area contributed by atoms with Crippen LogP contribution >= 0.6 is 23.1 Å². The van der Waals surface area contributed by atoms with Crippen molar-refractivity contribution in [2.75, 3.05) is 0 Å². The predicted molar refractivity (Wildman–Crippen MR) is 210 cm³/mol. The minimum Gasteiger partial charge on any atom is -0.344 e. The van der Waals surface area contributed by atoms with E-state index in [-0.39, 0.29) is 6.04 Å². The standard InChI is InChI=1S/C44H27N3S2/c1-2-12-26(13-3-1)27-22-24-28(25-23-27)39-43-40(33-18-8-11-21-36(33)49-43)46-44(45-39)47-34-19-9-6-16-31(34)37-29-14-4-5-15-30(29)38-32-17-7-10-20-35(32)48-42(38)41(37)47/h1-25,40H,(H,45,46). The van der Waals surface area contributed by atoms with Gasteiger partial charge in [0.15, 0.2) is 0 Å². The molecule has 0 saturated carbocycles. The molecule has 0 fully saturated rings. The Morgan fingerprint density at radius 2 is 1.18 bits per heavy atom. The summed E-state index contributed by atoms with van der Waals surface area (Å²) in [5.41, 5.74) is 8.23. The quantitative estimate of drug-likeness (QED) is 0.200. The number of para-hydroxylation sites is 1. The molecule has 2 aliphatic rings. The molecule has 0 saturated heterocycles. The molecule has 5 heteroatoms. The number of aliphatic imine (C=N–C) groups is 1. The van der Waals surface area contributed by atoms with Gasteiger partial charge in [0.25, 0.3) is 0 Å². The van der Waals surface area contributed by atoms with Gasteiger partial charge < -0.3 is 5.32 Å². The van der Waals surface area contributed by atoms with E-state index in [0.29, 0.717) is 0 Å². The van der Waals surface area contributed by atoms with E-state index in [2.05, 4.69) is 162 Å². The fourth-order valence-corrected chi connectivity index (χ4v) is 10.4. The van der Waals surface area contributed by atoms with E-state index in [1.165, 1.54) is 73.7 Å². The van der Waals surface area contributed by atoms with Crippen LogP contribution in [-0.4, -0.2) is 10.5 Å². The molecule has 1 atom stereocenters. The van der Waals surface area contributed by atoms with Gasteiger partial charge in [0.1, 0.15) is 0 Å². The van der Waals surface area contributed by atoms with Crippen LogP contribution in [-0.2, 0) is 0 Å². The zero-order valence-electron chi connectivity index (χ0n) is 26.2. The van der Waals surface area contributed by atoms with Crippen molar-refractivity contribution >= 4 is 87.5 Å². The SMILES string of the molecule is c1ccc(-c2ccc(C3=C4Sc5ccccc5C4NC(n4c5ccccc5c5c6ccccc6c6c7ccccc7sc6c54)=N3)cc2)cc1. The highest BCUT2D eigenvalue weighted by Gasteiger charge is 2.36. The third-order valence-electron chi connectivity index (χ3n) is 10.1. The van der Waals surface area contributed by atoms with Crippen molar-refractivity contribution in [2.24, 2.45) is 4.99 Å². The van der Waals surface area contributed by atoms with Crippen LogP contribution in [0.3, 0.4) is 0 Å². The van der Waals surface area contributed by atoms with E-state index in [0.717, 1.165) is 22.7 Å². The van der Waals surface area contributed by atoms with Gasteiger partial charge in [0.2, 0.25) is 5.96 Å². The second-order valence-electron chi connectivity index (χ2n) is 12.7. The molecule has 3 nitrogen and oxygen atoms in total. The number of nitrogens with one attached hydrogen (secondary N) is 1. The summed E-state index contributed by atoms with van der Waals surface area (Å²) in [6, 6.07) is 54.9. The van der Waals surface area contributed by atoms with Crippen molar-refractivity contribution in [2.45, 2.75) is 10.9 Å². The Morgan fingerprint density at radius 3 is 2.02 bits per heavy atom. The zero-order chi connectivity index (χ0) is 32.1. The fourth-order valence-electron chi connectivity index (χ4n) is 7.90. The minimum absolute atomic E-state index is 0.00654. The van der Waals surface area contributed by atoms with Crippen LogP contribution in [0.15, 0.2) is 166 Å². The summed E-state index contributed by atoms with van der Waals surface area (Å²) in [6.45, 7) is 0. The second-order valence-corrected chi connectivity index (χ2v) is 14.9. The number of benzene rings is 7. The van der Waals surface area contributed by atoms with Crippen molar-refractivity contribution in [3.05, 3.63) is 168 Å². The second kappa shape index (κ2) is 10.4. The summed E-state index contributed by atoms with van der Waals surface area (Å²) in [7, 11) is 0. The molecule has 1 N–H and O–H groups in total. The largest absolute Gasteiger partial charge is 0.344 e. The highest BCUT2D eigenvalue weighted by Crippen LogP contribution is 2.53. The Hall–Kier alpha value is -5.62. The first-order valence-electron chi connectivity index (χ1n) is 16.6. The van der Waals surface area contributed by atoms with Crippen molar-refractivity contribution < 1.29 is 0 Å². The summed E-state index contributed by atoms with van der Waals surface area (Å²) in [5, 5.41) is 11.7. The summed E-state index contributed by atoms with van der Waals surface area (Å²) in [4.78, 5) is 8.12. The summed E-state index contributed by atoms with van der Waals surface area (Å²) in [5.74, 6) is 0.855. The molecule has 11 rings (SSSR count). The molecule has 9 aromatic rings. The highest BCUT2D eigenvalue weighted by molar-refractivity contribution is 8.03. The number of thioether (sulfide) groups is 1. The van der Waals surface area contributed by atoms with Crippen LogP contribution in [0, 0.1) is 0 Å². The number of nitrogens with zero attached hydrogens (tertiary/aromatic N) is 2. The molecule has 4 heterocycles. The summed E-state index contributed by atoms with van der Waals surface area (Å²) < 4.78 is 5.00. The third kappa shape index (κ3) is 3.94. The maximum absolute atomic E-state index is 5.60. The lowest BCUT2D eigenvalue weighted by Crippen LogP contribution is -2.36. The van der Waals surface area contributed by atoms with Crippen molar-refractivity contribution in [1.82, 2.24) is 9.88 Å². The number of fused-ring (bicyclic) bond motifs is 13. The smallest absolute Gasteiger partial charge is 0.209 e. The van der Waals surface area contributed by atoms with Crippen LogP contribution in [0.5, 0.6) is 0 Å². The lowest BCUT2D eigenvalue weighted by Gasteiger charge is -2.26. The third-order valence-corrected chi connectivity index (χ3v) is 12.5.